The lowest BCUT2D eigenvalue weighted by Crippen LogP contribution is -2.20. The van der Waals surface area contributed by atoms with Crippen LogP contribution in [0.3, 0.4) is 0 Å². The molecule has 0 heterocycles. The molecular formula is C18H14OP-. The lowest BCUT2D eigenvalue weighted by atomic mass is 10.3. The van der Waals surface area contributed by atoms with Crippen LogP contribution in [0.4, 0.5) is 0 Å². The fourth-order valence-electron chi connectivity index (χ4n) is 2.20. The number of benzene rings is 3. The fourth-order valence-corrected chi connectivity index (χ4v) is 4.48. The van der Waals surface area contributed by atoms with Crippen LogP contribution in [0.15, 0.2) is 84.9 Å². The van der Waals surface area contributed by atoms with Gasteiger partial charge in [-0.1, -0.05) is 84.9 Å². The first-order chi connectivity index (χ1) is 9.84. The zero-order valence-corrected chi connectivity index (χ0v) is 11.8. The van der Waals surface area contributed by atoms with Crippen LogP contribution in [0, 0.1) is 0 Å². The van der Waals surface area contributed by atoms with E-state index in [1.54, 1.807) is 12.1 Å². The molecule has 2 heteroatoms. The Bertz CT molecular complexity index is 623. The van der Waals surface area contributed by atoms with Gasteiger partial charge in [0.2, 0.25) is 0 Å². The van der Waals surface area contributed by atoms with Crippen molar-refractivity contribution in [1.82, 2.24) is 0 Å². The molecule has 0 saturated heterocycles. The first-order valence-corrected chi connectivity index (χ1v) is 7.86. The van der Waals surface area contributed by atoms with Gasteiger partial charge < -0.3 is 5.11 Å². The van der Waals surface area contributed by atoms with Gasteiger partial charge in [-0.2, -0.15) is 0 Å². The molecule has 0 amide bonds. The summed E-state index contributed by atoms with van der Waals surface area (Å²) >= 11 is 0. The van der Waals surface area contributed by atoms with Gasteiger partial charge in [-0.3, -0.25) is 0 Å². The predicted molar refractivity (Wildman–Crippen MR) is 84.6 cm³/mol. The van der Waals surface area contributed by atoms with Crippen molar-refractivity contribution in [1.29, 1.82) is 0 Å². The van der Waals surface area contributed by atoms with Crippen molar-refractivity contribution in [2.24, 2.45) is 0 Å². The third kappa shape index (κ3) is 2.74. The Kier molecular flexibility index (Phi) is 3.80. The van der Waals surface area contributed by atoms with Crippen molar-refractivity contribution >= 4 is 23.8 Å². The maximum absolute atomic E-state index is 11.3. The average molecular weight is 277 g/mol. The van der Waals surface area contributed by atoms with E-state index in [1.165, 1.54) is 15.9 Å². The quantitative estimate of drug-likeness (QED) is 0.675. The molecule has 0 aliphatic carbocycles. The van der Waals surface area contributed by atoms with Gasteiger partial charge in [-0.25, -0.2) is 0 Å². The summed E-state index contributed by atoms with van der Waals surface area (Å²) in [4.78, 5) is 0. The highest BCUT2D eigenvalue weighted by molar-refractivity contribution is 7.79. The minimum Gasteiger partial charge on any atom is -0.872 e. The van der Waals surface area contributed by atoms with Crippen LogP contribution in [0.25, 0.3) is 0 Å². The summed E-state index contributed by atoms with van der Waals surface area (Å²) in [7, 11) is -0.597. The van der Waals surface area contributed by atoms with Gasteiger partial charge in [0.25, 0.3) is 0 Å². The average Bonchev–Trinajstić information content (AvgIpc) is 2.52. The molecule has 1 nitrogen and oxygen atoms in total. The molecule has 3 aromatic rings. The van der Waals surface area contributed by atoms with E-state index in [2.05, 4.69) is 48.5 Å². The monoisotopic (exact) mass is 277 g/mol. The fraction of sp³-hybridized carbons (Fsp3) is 0. The largest absolute Gasteiger partial charge is 0.872 e. The summed E-state index contributed by atoms with van der Waals surface area (Å²) in [5.41, 5.74) is 0. The Labute approximate surface area is 120 Å². The van der Waals surface area contributed by atoms with Crippen LogP contribution in [0.2, 0.25) is 0 Å². The Hall–Kier alpha value is -2.11. The minimum absolute atomic E-state index is 0.0600. The number of hydrogen-bond acceptors (Lipinski definition) is 1. The maximum Gasteiger partial charge on any atom is -0.0134 e. The summed E-state index contributed by atoms with van der Waals surface area (Å²) in [6.07, 6.45) is 0. The third-order valence-corrected chi connectivity index (χ3v) is 5.57. The Balaban J connectivity index is 2.11. The van der Waals surface area contributed by atoms with Crippen LogP contribution in [0.1, 0.15) is 0 Å². The molecule has 0 radical (unpaired) electrons. The van der Waals surface area contributed by atoms with Crippen molar-refractivity contribution < 1.29 is 5.11 Å². The van der Waals surface area contributed by atoms with Gasteiger partial charge in [-0.05, 0) is 23.8 Å². The van der Waals surface area contributed by atoms with E-state index in [1.807, 2.05) is 24.3 Å². The van der Waals surface area contributed by atoms with Crippen molar-refractivity contribution in [3.8, 4) is 5.75 Å². The molecule has 0 N–H and O–H groups in total. The van der Waals surface area contributed by atoms with Gasteiger partial charge in [0.15, 0.2) is 0 Å². The highest BCUT2D eigenvalue weighted by atomic mass is 31.1. The summed E-state index contributed by atoms with van der Waals surface area (Å²) in [6.45, 7) is 0. The van der Waals surface area contributed by atoms with Crippen molar-refractivity contribution in [3.05, 3.63) is 84.9 Å². The second-order valence-corrected chi connectivity index (χ2v) is 6.72. The van der Waals surface area contributed by atoms with E-state index < -0.39 is 7.92 Å². The van der Waals surface area contributed by atoms with Crippen molar-refractivity contribution in [2.75, 3.05) is 0 Å². The molecule has 20 heavy (non-hydrogen) atoms. The molecule has 0 spiro atoms. The Morgan fingerprint density at radius 1 is 0.500 bits per heavy atom. The predicted octanol–water partition coefficient (Wildman–Crippen LogP) is 2.52. The molecule has 0 fully saturated rings. The molecule has 0 aliphatic rings. The van der Waals surface area contributed by atoms with Crippen LogP contribution in [-0.4, -0.2) is 0 Å². The molecule has 0 saturated carbocycles. The van der Waals surface area contributed by atoms with Crippen molar-refractivity contribution in [2.45, 2.75) is 0 Å². The molecule has 3 rings (SSSR count). The van der Waals surface area contributed by atoms with E-state index >= 15 is 0 Å². The van der Waals surface area contributed by atoms with E-state index in [4.69, 9.17) is 0 Å². The summed E-state index contributed by atoms with van der Waals surface area (Å²) in [6, 6.07) is 28.2. The van der Waals surface area contributed by atoms with Crippen LogP contribution in [-0.2, 0) is 0 Å². The lowest BCUT2D eigenvalue weighted by Gasteiger charge is -2.20. The molecule has 0 atom stereocenters. The minimum atomic E-state index is -0.597. The van der Waals surface area contributed by atoms with E-state index in [0.717, 1.165) is 0 Å². The summed E-state index contributed by atoms with van der Waals surface area (Å²) < 4.78 is 0. The van der Waals surface area contributed by atoms with Gasteiger partial charge in [0.05, 0.1) is 0 Å². The summed E-state index contributed by atoms with van der Waals surface area (Å²) in [5.74, 6) is 0.0600. The standard InChI is InChI=1S/C18H15OP/c19-15-11-13-18(14-12-15)20(16-7-3-1-4-8-16)17-9-5-2-6-10-17/h1-14,19H/p-1. The van der Waals surface area contributed by atoms with Crippen LogP contribution >= 0.6 is 7.92 Å². The molecule has 3 aromatic carbocycles. The third-order valence-electron chi connectivity index (χ3n) is 3.12. The zero-order chi connectivity index (χ0) is 13.8. The van der Waals surface area contributed by atoms with Crippen LogP contribution < -0.4 is 21.0 Å². The van der Waals surface area contributed by atoms with E-state index in [0.29, 0.717) is 0 Å². The van der Waals surface area contributed by atoms with Gasteiger partial charge in [-0.15, -0.1) is 5.75 Å². The molecule has 0 unspecified atom stereocenters. The number of hydrogen-bond donors (Lipinski definition) is 0. The second-order valence-electron chi connectivity index (χ2n) is 4.50. The molecule has 98 valence electrons. The molecule has 0 aromatic heterocycles. The normalized spacial score (nSPS) is 10.7. The smallest absolute Gasteiger partial charge is 0.0134 e. The first-order valence-electron chi connectivity index (χ1n) is 6.52. The second kappa shape index (κ2) is 5.90. The number of rotatable bonds is 3. The molecule has 0 bridgehead atoms. The van der Waals surface area contributed by atoms with Crippen molar-refractivity contribution in [3.63, 3.8) is 0 Å². The molecular weight excluding hydrogens is 263 g/mol. The molecule has 0 aliphatic heterocycles. The highest BCUT2D eigenvalue weighted by Gasteiger charge is 2.15. The maximum atomic E-state index is 11.3. The van der Waals surface area contributed by atoms with Crippen LogP contribution in [0.5, 0.6) is 5.75 Å². The zero-order valence-electron chi connectivity index (χ0n) is 10.9. The highest BCUT2D eigenvalue weighted by Crippen LogP contribution is 2.32. The van der Waals surface area contributed by atoms with Gasteiger partial charge >= 0.3 is 0 Å². The lowest BCUT2D eigenvalue weighted by molar-refractivity contribution is -0.268. The summed E-state index contributed by atoms with van der Waals surface area (Å²) in [5, 5.41) is 15.1. The SMILES string of the molecule is [O-]c1ccc(P(c2ccccc2)c2ccccc2)cc1. The van der Waals surface area contributed by atoms with E-state index in [9.17, 15) is 5.11 Å². The topological polar surface area (TPSA) is 23.1 Å². The first kappa shape index (κ1) is 12.9. The van der Waals surface area contributed by atoms with Gasteiger partial charge in [0, 0.05) is 0 Å². The van der Waals surface area contributed by atoms with E-state index in [-0.39, 0.29) is 5.75 Å². The Morgan fingerprint density at radius 2 is 0.900 bits per heavy atom. The van der Waals surface area contributed by atoms with Gasteiger partial charge in [0.1, 0.15) is 0 Å². The Morgan fingerprint density at radius 3 is 1.35 bits per heavy atom.